The molecule has 0 radical (unpaired) electrons. The van der Waals surface area contributed by atoms with Crippen molar-refractivity contribution in [1.82, 2.24) is 15.0 Å². The van der Waals surface area contributed by atoms with Crippen LogP contribution in [0.4, 0.5) is 11.6 Å². The van der Waals surface area contributed by atoms with E-state index in [1.165, 1.54) is 12.1 Å². The van der Waals surface area contributed by atoms with Crippen molar-refractivity contribution in [1.29, 1.82) is 0 Å². The van der Waals surface area contributed by atoms with Gasteiger partial charge in [0.05, 0.1) is 22.7 Å². The molecule has 1 atom stereocenters. The number of primary sulfonamides is 1. The fourth-order valence-electron chi connectivity index (χ4n) is 4.18. The zero-order chi connectivity index (χ0) is 26.9. The first-order chi connectivity index (χ1) is 18.2. The molecule has 1 fully saturated rings. The third kappa shape index (κ3) is 5.28. The molecule has 38 heavy (non-hydrogen) atoms. The van der Waals surface area contributed by atoms with Crippen LogP contribution in [0.5, 0.6) is 5.88 Å². The van der Waals surface area contributed by atoms with E-state index in [2.05, 4.69) is 15.3 Å². The van der Waals surface area contributed by atoms with E-state index in [1.54, 1.807) is 17.0 Å². The van der Waals surface area contributed by atoms with Gasteiger partial charge in [0.15, 0.2) is 5.52 Å². The van der Waals surface area contributed by atoms with E-state index in [-0.39, 0.29) is 10.8 Å². The van der Waals surface area contributed by atoms with Crippen LogP contribution in [0.2, 0.25) is 0 Å². The molecule has 196 valence electrons. The Balaban J connectivity index is 1.38. The Labute approximate surface area is 219 Å². The summed E-state index contributed by atoms with van der Waals surface area (Å²) in [7, 11) is -3.75. The molecule has 1 aliphatic rings. The van der Waals surface area contributed by atoms with Crippen LogP contribution in [0.15, 0.2) is 65.6 Å². The zero-order valence-electron chi connectivity index (χ0n) is 20.5. The smallest absolute Gasteiger partial charge is 0.255 e. The van der Waals surface area contributed by atoms with Gasteiger partial charge in [-0.2, -0.15) is 4.98 Å². The maximum Gasteiger partial charge on any atom is 0.255 e. The first kappa shape index (κ1) is 25.5. The third-order valence-electron chi connectivity index (χ3n) is 6.15. The number of benzene rings is 2. The number of sulfonamides is 1. The van der Waals surface area contributed by atoms with Gasteiger partial charge in [0, 0.05) is 30.8 Å². The average Bonchev–Trinajstić information content (AvgIpc) is 3.25. The Morgan fingerprint density at radius 2 is 1.79 bits per heavy atom. The predicted molar refractivity (Wildman–Crippen MR) is 142 cm³/mol. The highest BCUT2D eigenvalue weighted by Crippen LogP contribution is 2.29. The van der Waals surface area contributed by atoms with E-state index in [1.807, 2.05) is 43.3 Å². The largest absolute Gasteiger partial charge is 0.476 e. The van der Waals surface area contributed by atoms with Gasteiger partial charge in [0.25, 0.3) is 5.91 Å². The second kappa shape index (κ2) is 10.3. The number of carbonyl (C=O) groups excluding carboxylic acids is 1. The quantitative estimate of drug-likeness (QED) is 0.308. The van der Waals surface area contributed by atoms with Crippen molar-refractivity contribution in [2.24, 2.45) is 5.14 Å². The molecule has 5 rings (SSSR count). The summed E-state index contributed by atoms with van der Waals surface area (Å²) in [6, 6.07) is 17.3. The minimum atomic E-state index is -3.75. The Kier molecular flexibility index (Phi) is 6.93. The standard InChI is InChI=1S/C26H26N6O5S/c1-2-37-24-23-21(30-26(31-24)28-15-16-3-9-19(10-4-16)38(27,35)36)12-11-20(29-23)17-5-7-18(8-6-17)32-14-13-22(33)25(32)34/h3-12,22,33H,2,13-15H2,1H3,(H2,27,35,36)(H,28,30,31). The number of fused-ring (bicyclic) bond motifs is 1. The Morgan fingerprint density at radius 1 is 1.05 bits per heavy atom. The molecule has 1 unspecified atom stereocenters. The fourth-order valence-corrected chi connectivity index (χ4v) is 4.69. The number of aliphatic hydroxyl groups is 1. The zero-order valence-corrected chi connectivity index (χ0v) is 21.4. The molecule has 0 saturated carbocycles. The van der Waals surface area contributed by atoms with Crippen molar-refractivity contribution in [3.8, 4) is 17.1 Å². The average molecular weight is 535 g/mol. The summed E-state index contributed by atoms with van der Waals surface area (Å²) in [4.78, 5) is 27.5. The number of ether oxygens (including phenoxy) is 1. The van der Waals surface area contributed by atoms with Crippen LogP contribution < -0.4 is 20.1 Å². The van der Waals surface area contributed by atoms with Gasteiger partial charge in [-0.15, -0.1) is 0 Å². The highest BCUT2D eigenvalue weighted by atomic mass is 32.2. The molecule has 12 heteroatoms. The molecule has 11 nitrogen and oxygen atoms in total. The highest BCUT2D eigenvalue weighted by molar-refractivity contribution is 7.89. The monoisotopic (exact) mass is 534 g/mol. The van der Waals surface area contributed by atoms with Crippen molar-refractivity contribution >= 4 is 38.6 Å². The molecule has 0 aliphatic carbocycles. The summed E-state index contributed by atoms with van der Waals surface area (Å²) < 4.78 is 28.7. The molecule has 3 heterocycles. The van der Waals surface area contributed by atoms with Gasteiger partial charge in [-0.1, -0.05) is 24.3 Å². The fraction of sp³-hybridized carbons (Fsp3) is 0.231. The number of pyridine rings is 1. The topological polar surface area (TPSA) is 161 Å². The number of aliphatic hydroxyl groups excluding tert-OH is 1. The lowest BCUT2D eigenvalue weighted by molar-refractivity contribution is -0.123. The second-order valence-electron chi connectivity index (χ2n) is 8.73. The maximum atomic E-state index is 12.1. The molecular formula is C26H26N6O5S. The number of nitrogens with two attached hydrogens (primary N) is 1. The summed E-state index contributed by atoms with van der Waals surface area (Å²) in [6.07, 6.45) is -0.516. The van der Waals surface area contributed by atoms with Gasteiger partial charge in [0.2, 0.25) is 21.9 Å². The minimum absolute atomic E-state index is 0.0432. The lowest BCUT2D eigenvalue weighted by atomic mass is 10.1. The molecule has 4 N–H and O–H groups in total. The molecule has 4 aromatic rings. The van der Waals surface area contributed by atoms with Crippen LogP contribution in [-0.4, -0.2) is 53.6 Å². The van der Waals surface area contributed by atoms with E-state index in [4.69, 9.17) is 14.9 Å². The Hall–Kier alpha value is -4.13. The lowest BCUT2D eigenvalue weighted by Gasteiger charge is -2.16. The summed E-state index contributed by atoms with van der Waals surface area (Å²) in [6.45, 7) is 3.08. The number of amides is 1. The molecule has 2 aromatic heterocycles. The van der Waals surface area contributed by atoms with Gasteiger partial charge in [-0.05, 0) is 48.9 Å². The molecule has 1 aliphatic heterocycles. The number of nitrogens with one attached hydrogen (secondary N) is 1. The molecular weight excluding hydrogens is 508 g/mol. The minimum Gasteiger partial charge on any atom is -0.476 e. The Bertz CT molecular complexity index is 1590. The number of aromatic nitrogens is 3. The summed E-state index contributed by atoms with van der Waals surface area (Å²) in [5.41, 5.74) is 4.18. The third-order valence-corrected chi connectivity index (χ3v) is 7.08. The summed E-state index contributed by atoms with van der Waals surface area (Å²) in [5.74, 6) is 0.387. The maximum absolute atomic E-state index is 12.1. The van der Waals surface area contributed by atoms with Crippen molar-refractivity contribution in [3.63, 3.8) is 0 Å². The molecule has 1 amide bonds. The van der Waals surface area contributed by atoms with Gasteiger partial charge in [-0.25, -0.2) is 23.5 Å². The van der Waals surface area contributed by atoms with E-state index in [0.29, 0.717) is 54.7 Å². The van der Waals surface area contributed by atoms with Crippen LogP contribution in [0.1, 0.15) is 18.9 Å². The SMILES string of the molecule is CCOc1nc(NCc2ccc(S(N)(=O)=O)cc2)nc2ccc(-c3ccc(N4CCC(O)C4=O)cc3)nc12. The van der Waals surface area contributed by atoms with Crippen molar-refractivity contribution in [2.45, 2.75) is 30.9 Å². The number of hydrogen-bond donors (Lipinski definition) is 3. The van der Waals surface area contributed by atoms with Gasteiger partial charge in [-0.3, -0.25) is 4.79 Å². The van der Waals surface area contributed by atoms with Crippen LogP contribution in [0, 0.1) is 0 Å². The Morgan fingerprint density at radius 3 is 2.42 bits per heavy atom. The molecule has 2 aromatic carbocycles. The number of nitrogens with zero attached hydrogens (tertiary/aromatic N) is 4. The summed E-state index contributed by atoms with van der Waals surface area (Å²) >= 11 is 0. The first-order valence-corrected chi connectivity index (χ1v) is 13.5. The van der Waals surface area contributed by atoms with Gasteiger partial charge < -0.3 is 20.1 Å². The second-order valence-corrected chi connectivity index (χ2v) is 10.3. The van der Waals surface area contributed by atoms with Crippen molar-refractivity contribution in [3.05, 3.63) is 66.2 Å². The molecule has 0 spiro atoms. The van der Waals surface area contributed by atoms with Crippen molar-refractivity contribution in [2.75, 3.05) is 23.4 Å². The number of hydrogen-bond acceptors (Lipinski definition) is 9. The van der Waals surface area contributed by atoms with Crippen LogP contribution in [0.25, 0.3) is 22.3 Å². The molecule has 1 saturated heterocycles. The van der Waals surface area contributed by atoms with Crippen LogP contribution in [0.3, 0.4) is 0 Å². The van der Waals surface area contributed by atoms with E-state index >= 15 is 0 Å². The first-order valence-electron chi connectivity index (χ1n) is 12.0. The summed E-state index contributed by atoms with van der Waals surface area (Å²) in [5, 5.41) is 18.0. The number of rotatable bonds is 8. The van der Waals surface area contributed by atoms with Gasteiger partial charge in [0.1, 0.15) is 6.10 Å². The van der Waals surface area contributed by atoms with E-state index < -0.39 is 16.1 Å². The van der Waals surface area contributed by atoms with E-state index in [9.17, 15) is 18.3 Å². The van der Waals surface area contributed by atoms with Crippen molar-refractivity contribution < 1.29 is 23.1 Å². The van der Waals surface area contributed by atoms with Gasteiger partial charge >= 0.3 is 0 Å². The molecule has 0 bridgehead atoms. The highest BCUT2D eigenvalue weighted by Gasteiger charge is 2.30. The number of anilines is 2. The lowest BCUT2D eigenvalue weighted by Crippen LogP contribution is -2.28. The normalized spacial score (nSPS) is 15.7. The van der Waals surface area contributed by atoms with E-state index in [0.717, 1.165) is 16.8 Å². The van der Waals surface area contributed by atoms with Crippen LogP contribution in [-0.2, 0) is 21.4 Å². The predicted octanol–water partition coefficient (Wildman–Crippen LogP) is 2.45. The number of carbonyl (C=O) groups is 1. The van der Waals surface area contributed by atoms with Crippen LogP contribution >= 0.6 is 0 Å².